The Balaban J connectivity index is 1.87. The number of rotatable bonds is 4. The molecule has 1 aliphatic heterocycles. The molecule has 0 spiro atoms. The second-order valence-corrected chi connectivity index (χ2v) is 3.79. The van der Waals surface area contributed by atoms with Crippen LogP contribution in [-0.4, -0.2) is 24.6 Å². The normalized spacial score (nSPS) is 18.9. The molecule has 1 N–H and O–H groups in total. The summed E-state index contributed by atoms with van der Waals surface area (Å²) in [7, 11) is 0. The molecule has 1 aromatic carbocycles. The van der Waals surface area contributed by atoms with Gasteiger partial charge in [0.05, 0.1) is 19.3 Å². The van der Waals surface area contributed by atoms with E-state index in [9.17, 15) is 9.50 Å². The molecule has 0 amide bonds. The molecule has 4 heteroatoms. The molecule has 1 aromatic rings. The third-order valence-electron chi connectivity index (χ3n) is 2.63. The first-order valence-electron chi connectivity index (χ1n) is 5.43. The standard InChI is InChI=1S/C12H15FO3/c13-10-4-2-1-3-9(10)11(14)5-6-12-15-7-8-16-12/h1-4,11-12,14H,5-8H2. The summed E-state index contributed by atoms with van der Waals surface area (Å²) in [5, 5.41) is 9.81. The molecule has 1 atom stereocenters. The molecule has 1 saturated heterocycles. The molecule has 3 nitrogen and oxygen atoms in total. The minimum Gasteiger partial charge on any atom is -0.388 e. The molecular weight excluding hydrogens is 211 g/mol. The van der Waals surface area contributed by atoms with Gasteiger partial charge in [-0.15, -0.1) is 0 Å². The van der Waals surface area contributed by atoms with Crippen molar-refractivity contribution >= 4 is 0 Å². The van der Waals surface area contributed by atoms with Crippen molar-refractivity contribution in [2.45, 2.75) is 25.2 Å². The fourth-order valence-corrected chi connectivity index (χ4v) is 1.77. The maximum Gasteiger partial charge on any atom is 0.157 e. The van der Waals surface area contributed by atoms with E-state index in [4.69, 9.17) is 9.47 Å². The van der Waals surface area contributed by atoms with Crippen molar-refractivity contribution in [2.24, 2.45) is 0 Å². The molecule has 1 unspecified atom stereocenters. The van der Waals surface area contributed by atoms with E-state index in [1.54, 1.807) is 18.2 Å². The summed E-state index contributed by atoms with van der Waals surface area (Å²) in [5.74, 6) is -0.372. The molecule has 0 saturated carbocycles. The Kier molecular flexibility index (Phi) is 3.88. The van der Waals surface area contributed by atoms with Gasteiger partial charge in [0, 0.05) is 12.0 Å². The Bertz CT molecular complexity index is 337. The van der Waals surface area contributed by atoms with Crippen LogP contribution in [0.4, 0.5) is 4.39 Å². The van der Waals surface area contributed by atoms with Crippen molar-refractivity contribution in [3.63, 3.8) is 0 Å². The summed E-state index contributed by atoms with van der Waals surface area (Å²) in [6.07, 6.45) is -0.0309. The van der Waals surface area contributed by atoms with Gasteiger partial charge in [0.2, 0.25) is 0 Å². The van der Waals surface area contributed by atoms with Gasteiger partial charge in [-0.2, -0.15) is 0 Å². The number of aliphatic hydroxyl groups is 1. The number of hydrogen-bond donors (Lipinski definition) is 1. The van der Waals surface area contributed by atoms with E-state index >= 15 is 0 Å². The largest absolute Gasteiger partial charge is 0.388 e. The number of hydrogen-bond acceptors (Lipinski definition) is 3. The average molecular weight is 226 g/mol. The molecule has 1 heterocycles. The minimum atomic E-state index is -0.797. The maximum absolute atomic E-state index is 13.3. The predicted octanol–water partition coefficient (Wildman–Crippen LogP) is 2.01. The third kappa shape index (κ3) is 2.78. The van der Waals surface area contributed by atoms with Crippen LogP contribution >= 0.6 is 0 Å². The molecule has 2 rings (SSSR count). The smallest absolute Gasteiger partial charge is 0.157 e. The van der Waals surface area contributed by atoms with Crippen LogP contribution < -0.4 is 0 Å². The Morgan fingerprint density at radius 1 is 1.31 bits per heavy atom. The van der Waals surface area contributed by atoms with E-state index in [0.717, 1.165) is 0 Å². The summed E-state index contributed by atoms with van der Waals surface area (Å²) in [5.41, 5.74) is 0.334. The molecule has 0 aromatic heterocycles. The lowest BCUT2D eigenvalue weighted by atomic mass is 10.0. The molecular formula is C12H15FO3. The topological polar surface area (TPSA) is 38.7 Å². The van der Waals surface area contributed by atoms with Gasteiger partial charge >= 0.3 is 0 Å². The van der Waals surface area contributed by atoms with Gasteiger partial charge in [0.1, 0.15) is 5.82 Å². The van der Waals surface area contributed by atoms with Gasteiger partial charge in [-0.25, -0.2) is 4.39 Å². The summed E-state index contributed by atoms with van der Waals surface area (Å²) in [4.78, 5) is 0. The van der Waals surface area contributed by atoms with E-state index < -0.39 is 6.10 Å². The van der Waals surface area contributed by atoms with Crippen LogP contribution in [0.2, 0.25) is 0 Å². The van der Waals surface area contributed by atoms with Crippen molar-refractivity contribution in [3.05, 3.63) is 35.6 Å². The number of aliphatic hydroxyl groups excluding tert-OH is 1. The van der Waals surface area contributed by atoms with Crippen molar-refractivity contribution in [1.82, 2.24) is 0 Å². The summed E-state index contributed by atoms with van der Waals surface area (Å²) < 4.78 is 23.8. The van der Waals surface area contributed by atoms with Gasteiger partial charge in [0.15, 0.2) is 6.29 Å². The average Bonchev–Trinajstić information content (AvgIpc) is 2.79. The van der Waals surface area contributed by atoms with Crippen molar-refractivity contribution < 1.29 is 19.0 Å². The summed E-state index contributed by atoms with van der Waals surface area (Å²) in [6, 6.07) is 6.26. The molecule has 88 valence electrons. The zero-order valence-corrected chi connectivity index (χ0v) is 8.93. The second-order valence-electron chi connectivity index (χ2n) is 3.79. The first-order chi connectivity index (χ1) is 7.77. The monoisotopic (exact) mass is 226 g/mol. The van der Waals surface area contributed by atoms with Gasteiger partial charge < -0.3 is 14.6 Å². The van der Waals surface area contributed by atoms with Gasteiger partial charge in [-0.1, -0.05) is 18.2 Å². The van der Waals surface area contributed by atoms with Crippen LogP contribution in [0.25, 0.3) is 0 Å². The second kappa shape index (κ2) is 5.39. The first kappa shape index (κ1) is 11.5. The highest BCUT2D eigenvalue weighted by atomic mass is 19.1. The van der Waals surface area contributed by atoms with Crippen LogP contribution in [0.15, 0.2) is 24.3 Å². The highest BCUT2D eigenvalue weighted by Crippen LogP contribution is 2.23. The summed E-state index contributed by atoms with van der Waals surface area (Å²) >= 11 is 0. The highest BCUT2D eigenvalue weighted by Gasteiger charge is 2.19. The molecule has 16 heavy (non-hydrogen) atoms. The van der Waals surface area contributed by atoms with E-state index in [2.05, 4.69) is 0 Å². The van der Waals surface area contributed by atoms with Gasteiger partial charge in [-0.3, -0.25) is 0 Å². The zero-order valence-electron chi connectivity index (χ0n) is 8.93. The van der Waals surface area contributed by atoms with Gasteiger partial charge in [-0.05, 0) is 12.5 Å². The molecule has 1 aliphatic rings. The maximum atomic E-state index is 13.3. The first-order valence-corrected chi connectivity index (χ1v) is 5.43. The molecule has 0 radical (unpaired) electrons. The Morgan fingerprint density at radius 2 is 2.00 bits per heavy atom. The number of ether oxygens (including phenoxy) is 2. The quantitative estimate of drug-likeness (QED) is 0.853. The van der Waals surface area contributed by atoms with Crippen LogP contribution in [-0.2, 0) is 9.47 Å². The van der Waals surface area contributed by atoms with E-state index in [0.29, 0.717) is 31.6 Å². The SMILES string of the molecule is OC(CCC1OCCO1)c1ccccc1F. The fraction of sp³-hybridized carbons (Fsp3) is 0.500. The number of benzene rings is 1. The summed E-state index contributed by atoms with van der Waals surface area (Å²) in [6.45, 7) is 1.20. The molecule has 1 fully saturated rings. The van der Waals surface area contributed by atoms with E-state index in [1.807, 2.05) is 0 Å². The third-order valence-corrected chi connectivity index (χ3v) is 2.63. The van der Waals surface area contributed by atoms with Gasteiger partial charge in [0.25, 0.3) is 0 Å². The lowest BCUT2D eigenvalue weighted by Crippen LogP contribution is -2.10. The zero-order chi connectivity index (χ0) is 11.4. The van der Waals surface area contributed by atoms with Crippen LogP contribution in [0.3, 0.4) is 0 Å². The van der Waals surface area contributed by atoms with Crippen LogP contribution in [0.5, 0.6) is 0 Å². The molecule has 0 bridgehead atoms. The van der Waals surface area contributed by atoms with Crippen molar-refractivity contribution in [2.75, 3.05) is 13.2 Å². The Labute approximate surface area is 93.8 Å². The molecule has 0 aliphatic carbocycles. The van der Waals surface area contributed by atoms with Crippen LogP contribution in [0.1, 0.15) is 24.5 Å². The van der Waals surface area contributed by atoms with Crippen molar-refractivity contribution in [3.8, 4) is 0 Å². The lowest BCUT2D eigenvalue weighted by Gasteiger charge is -2.14. The Morgan fingerprint density at radius 3 is 2.69 bits per heavy atom. The van der Waals surface area contributed by atoms with E-state index in [1.165, 1.54) is 6.07 Å². The van der Waals surface area contributed by atoms with Crippen LogP contribution in [0, 0.1) is 5.82 Å². The predicted molar refractivity (Wildman–Crippen MR) is 56.3 cm³/mol. The van der Waals surface area contributed by atoms with Crippen molar-refractivity contribution in [1.29, 1.82) is 0 Å². The fourth-order valence-electron chi connectivity index (χ4n) is 1.77. The Hall–Kier alpha value is -0.970. The minimum absolute atomic E-state index is 0.249. The number of halogens is 1. The van der Waals surface area contributed by atoms with E-state index in [-0.39, 0.29) is 12.1 Å². The highest BCUT2D eigenvalue weighted by molar-refractivity contribution is 5.19. The lowest BCUT2D eigenvalue weighted by molar-refractivity contribution is -0.0543.